The van der Waals surface area contributed by atoms with Crippen LogP contribution in [0.5, 0.6) is 17.2 Å². The molecule has 1 fully saturated rings. The summed E-state index contributed by atoms with van der Waals surface area (Å²) in [5.74, 6) is -1.01. The van der Waals surface area contributed by atoms with E-state index in [-0.39, 0.29) is 29.2 Å². The number of nitrogens with zero attached hydrogens (tertiary/aromatic N) is 1. The molecule has 0 bridgehead atoms. The molecule has 0 aromatic heterocycles. The number of carbonyl (C=O) groups is 4. The van der Waals surface area contributed by atoms with Gasteiger partial charge in [0.1, 0.15) is 11.3 Å². The molecule has 0 unspecified atom stereocenters. The summed E-state index contributed by atoms with van der Waals surface area (Å²) in [6.07, 6.45) is 1.52. The van der Waals surface area contributed by atoms with Crippen LogP contribution in [0.15, 0.2) is 48.0 Å². The molecule has 1 heterocycles. The molecule has 2 aromatic carbocycles. The molecule has 0 spiro atoms. The van der Waals surface area contributed by atoms with Gasteiger partial charge in [-0.25, -0.2) is 9.69 Å². The van der Waals surface area contributed by atoms with Gasteiger partial charge in [-0.15, -0.1) is 0 Å². The number of imide groups is 2. The van der Waals surface area contributed by atoms with Gasteiger partial charge in [-0.1, -0.05) is 13.0 Å². The number of rotatable bonds is 6. The minimum Gasteiger partial charge on any atom is -0.497 e. The van der Waals surface area contributed by atoms with E-state index in [0.29, 0.717) is 11.3 Å². The van der Waals surface area contributed by atoms with Crippen molar-refractivity contribution in [3.63, 3.8) is 0 Å². The lowest BCUT2D eigenvalue weighted by Gasteiger charge is -2.26. The topological polar surface area (TPSA) is 111 Å². The van der Waals surface area contributed by atoms with E-state index in [1.54, 1.807) is 25.1 Å². The van der Waals surface area contributed by atoms with E-state index in [0.717, 1.165) is 4.90 Å². The Labute approximate surface area is 178 Å². The lowest BCUT2D eigenvalue weighted by molar-refractivity contribution is -0.134. The molecule has 0 aliphatic carbocycles. The smallest absolute Gasteiger partial charge is 0.335 e. The number of anilines is 1. The standard InChI is InChI=1S/C22H20N2O7/c1-4-19(25)31-17-10-5-13(12-18(17)30-3)11-16-20(26)23-22(28)24(21(16)27)14-6-8-15(29-2)9-7-14/h5-12H,4H2,1-3H3,(H,23,26,28)/b16-11-. The highest BCUT2D eigenvalue weighted by atomic mass is 16.6. The predicted octanol–water partition coefficient (Wildman–Crippen LogP) is 2.69. The largest absolute Gasteiger partial charge is 0.497 e. The minimum atomic E-state index is -0.850. The lowest BCUT2D eigenvalue weighted by atomic mass is 10.1. The van der Waals surface area contributed by atoms with Crippen molar-refractivity contribution in [2.45, 2.75) is 13.3 Å². The summed E-state index contributed by atoms with van der Waals surface area (Å²) in [7, 11) is 2.90. The molecule has 1 saturated heterocycles. The first-order valence-corrected chi connectivity index (χ1v) is 9.32. The molecular formula is C22H20N2O7. The van der Waals surface area contributed by atoms with Gasteiger partial charge in [-0.2, -0.15) is 0 Å². The van der Waals surface area contributed by atoms with Crippen molar-refractivity contribution in [3.05, 3.63) is 53.6 Å². The summed E-state index contributed by atoms with van der Waals surface area (Å²) in [6.45, 7) is 1.66. The second-order valence-corrected chi connectivity index (χ2v) is 6.39. The molecule has 1 aliphatic rings. The fourth-order valence-corrected chi connectivity index (χ4v) is 2.84. The molecule has 9 nitrogen and oxygen atoms in total. The Bertz CT molecular complexity index is 1070. The fourth-order valence-electron chi connectivity index (χ4n) is 2.84. The van der Waals surface area contributed by atoms with E-state index in [1.165, 1.54) is 44.6 Å². The number of amides is 4. The van der Waals surface area contributed by atoms with Gasteiger partial charge in [-0.05, 0) is 48.0 Å². The first kappa shape index (κ1) is 21.6. The van der Waals surface area contributed by atoms with E-state index in [9.17, 15) is 19.2 Å². The van der Waals surface area contributed by atoms with Crippen molar-refractivity contribution in [1.82, 2.24) is 5.32 Å². The normalized spacial score (nSPS) is 15.0. The van der Waals surface area contributed by atoms with Crippen molar-refractivity contribution in [3.8, 4) is 17.2 Å². The van der Waals surface area contributed by atoms with Gasteiger partial charge in [0.2, 0.25) is 0 Å². The summed E-state index contributed by atoms with van der Waals surface area (Å²) in [5, 5.41) is 2.16. The number of ether oxygens (including phenoxy) is 3. The SMILES string of the molecule is CCC(=O)Oc1ccc(/C=C2/C(=O)NC(=O)N(c3ccc(OC)cc3)C2=O)cc1OC. The second kappa shape index (κ2) is 9.12. The van der Waals surface area contributed by atoms with Crippen molar-refractivity contribution in [1.29, 1.82) is 0 Å². The number of carbonyl (C=O) groups excluding carboxylic acids is 4. The molecule has 9 heteroatoms. The summed E-state index contributed by atoms with van der Waals surface area (Å²) >= 11 is 0. The summed E-state index contributed by atoms with van der Waals surface area (Å²) in [6, 6.07) is 9.97. The Kier molecular flexibility index (Phi) is 6.35. The van der Waals surface area contributed by atoms with Crippen LogP contribution < -0.4 is 24.4 Å². The predicted molar refractivity (Wildman–Crippen MR) is 111 cm³/mol. The number of hydrogen-bond acceptors (Lipinski definition) is 7. The first-order chi connectivity index (χ1) is 14.9. The maximum Gasteiger partial charge on any atom is 0.335 e. The van der Waals surface area contributed by atoms with Crippen LogP contribution in [-0.2, 0) is 14.4 Å². The van der Waals surface area contributed by atoms with Crippen LogP contribution in [0, 0.1) is 0 Å². The fraction of sp³-hybridized carbons (Fsp3) is 0.182. The van der Waals surface area contributed by atoms with Gasteiger partial charge in [0.25, 0.3) is 11.8 Å². The average molecular weight is 424 g/mol. The molecule has 0 atom stereocenters. The number of methoxy groups -OCH3 is 2. The van der Waals surface area contributed by atoms with Crippen LogP contribution >= 0.6 is 0 Å². The zero-order valence-corrected chi connectivity index (χ0v) is 17.1. The molecule has 1 aliphatic heterocycles. The Morgan fingerprint density at radius 3 is 2.32 bits per heavy atom. The number of hydrogen-bond donors (Lipinski definition) is 1. The zero-order chi connectivity index (χ0) is 22.5. The average Bonchev–Trinajstić information content (AvgIpc) is 2.77. The van der Waals surface area contributed by atoms with Crippen molar-refractivity contribution in [2.24, 2.45) is 0 Å². The molecule has 4 amide bonds. The number of nitrogens with one attached hydrogen (secondary N) is 1. The molecule has 3 rings (SSSR count). The zero-order valence-electron chi connectivity index (χ0n) is 17.1. The minimum absolute atomic E-state index is 0.193. The van der Waals surface area contributed by atoms with E-state index in [1.807, 2.05) is 0 Å². The van der Waals surface area contributed by atoms with Gasteiger partial charge >= 0.3 is 12.0 Å². The highest BCUT2D eigenvalue weighted by Crippen LogP contribution is 2.30. The number of barbiturate groups is 1. The van der Waals surface area contributed by atoms with Crippen molar-refractivity contribution in [2.75, 3.05) is 19.1 Å². The van der Waals surface area contributed by atoms with E-state index < -0.39 is 23.8 Å². The number of urea groups is 1. The highest BCUT2D eigenvalue weighted by molar-refractivity contribution is 6.39. The second-order valence-electron chi connectivity index (χ2n) is 6.39. The number of benzene rings is 2. The van der Waals surface area contributed by atoms with E-state index >= 15 is 0 Å². The van der Waals surface area contributed by atoms with Crippen molar-refractivity contribution < 1.29 is 33.4 Å². The maximum atomic E-state index is 13.0. The summed E-state index contributed by atoms with van der Waals surface area (Å²) in [4.78, 5) is 50.0. The van der Waals surface area contributed by atoms with Gasteiger partial charge in [-0.3, -0.25) is 19.7 Å². The molecule has 2 aromatic rings. The van der Waals surface area contributed by atoms with Gasteiger partial charge in [0.15, 0.2) is 11.5 Å². The summed E-state index contributed by atoms with van der Waals surface area (Å²) in [5.41, 5.74) is 0.479. The third kappa shape index (κ3) is 4.55. The van der Waals surface area contributed by atoms with Crippen molar-refractivity contribution >= 4 is 35.6 Å². The van der Waals surface area contributed by atoms with Crippen LogP contribution in [0.3, 0.4) is 0 Å². The van der Waals surface area contributed by atoms with Gasteiger partial charge < -0.3 is 14.2 Å². The Morgan fingerprint density at radius 2 is 1.71 bits per heavy atom. The third-order valence-corrected chi connectivity index (χ3v) is 4.44. The van der Waals surface area contributed by atoms with Gasteiger partial charge in [0.05, 0.1) is 19.9 Å². The molecule has 0 saturated carbocycles. The van der Waals surface area contributed by atoms with Gasteiger partial charge in [0, 0.05) is 6.42 Å². The van der Waals surface area contributed by atoms with Crippen LogP contribution in [0.1, 0.15) is 18.9 Å². The number of esters is 1. The molecule has 0 radical (unpaired) electrons. The highest BCUT2D eigenvalue weighted by Gasteiger charge is 2.36. The molecule has 160 valence electrons. The van der Waals surface area contributed by atoms with Crippen LogP contribution in [0.2, 0.25) is 0 Å². The molecular weight excluding hydrogens is 404 g/mol. The Morgan fingerprint density at radius 1 is 1.00 bits per heavy atom. The first-order valence-electron chi connectivity index (χ1n) is 9.32. The van der Waals surface area contributed by atoms with Crippen LogP contribution in [-0.4, -0.2) is 38.0 Å². The van der Waals surface area contributed by atoms with Crippen LogP contribution in [0.4, 0.5) is 10.5 Å². The monoisotopic (exact) mass is 424 g/mol. The third-order valence-electron chi connectivity index (χ3n) is 4.44. The quantitative estimate of drug-likeness (QED) is 0.328. The van der Waals surface area contributed by atoms with Crippen LogP contribution in [0.25, 0.3) is 6.08 Å². The van der Waals surface area contributed by atoms with E-state index in [4.69, 9.17) is 14.2 Å². The maximum absolute atomic E-state index is 13.0. The van der Waals surface area contributed by atoms with E-state index in [2.05, 4.69) is 5.32 Å². The molecule has 31 heavy (non-hydrogen) atoms. The Hall–Kier alpha value is -4.14. The Balaban J connectivity index is 1.94. The lowest BCUT2D eigenvalue weighted by Crippen LogP contribution is -2.54. The summed E-state index contributed by atoms with van der Waals surface area (Å²) < 4.78 is 15.5. The molecule has 1 N–H and O–H groups in total.